The Labute approximate surface area is 198 Å². The highest BCUT2D eigenvalue weighted by atomic mass is 16.5. The molecule has 1 atom stereocenters. The second-order valence-corrected chi connectivity index (χ2v) is 9.44. The van der Waals surface area contributed by atoms with Crippen LogP contribution < -0.4 is 14.5 Å². The first-order valence-corrected chi connectivity index (χ1v) is 12.5. The maximum atomic E-state index is 13.4. The summed E-state index contributed by atoms with van der Waals surface area (Å²) in [6.45, 7) is 6.74. The Morgan fingerprint density at radius 2 is 1.79 bits per heavy atom. The molecule has 1 aromatic carbocycles. The van der Waals surface area contributed by atoms with E-state index in [1.807, 2.05) is 35.2 Å². The molecule has 1 saturated heterocycles. The molecular formula is C27H38N4O2. The maximum absolute atomic E-state index is 13.4. The summed E-state index contributed by atoms with van der Waals surface area (Å²) < 4.78 is 5.56. The molecule has 0 unspecified atom stereocenters. The number of piperazine rings is 1. The van der Waals surface area contributed by atoms with Crippen molar-refractivity contribution < 1.29 is 9.53 Å². The highest BCUT2D eigenvalue weighted by Gasteiger charge is 2.28. The fraction of sp³-hybridized carbons (Fsp3) is 0.556. The van der Waals surface area contributed by atoms with Gasteiger partial charge in [-0.1, -0.05) is 37.5 Å². The van der Waals surface area contributed by atoms with Crippen molar-refractivity contribution in [1.29, 1.82) is 0 Å². The van der Waals surface area contributed by atoms with Crippen molar-refractivity contribution in [3.05, 3.63) is 48.7 Å². The molecule has 1 aliphatic heterocycles. The number of para-hydroxylation sites is 2. The normalized spacial score (nSPS) is 18.7. The fourth-order valence-electron chi connectivity index (χ4n) is 5.26. The maximum Gasteiger partial charge on any atom is 0.228 e. The van der Waals surface area contributed by atoms with Gasteiger partial charge in [0, 0.05) is 51.4 Å². The molecular weight excluding hydrogens is 412 g/mol. The number of carbonyl (C=O) groups excluding carboxylic acids is 1. The molecule has 0 N–H and O–H groups in total. The SMILES string of the molecule is COc1ccccc1N1CCN([C@@H](C)CN(C(=O)CC2CCCCC2)c2ccccn2)CC1. The van der Waals surface area contributed by atoms with Gasteiger partial charge in [0.25, 0.3) is 0 Å². The predicted molar refractivity (Wildman–Crippen MR) is 134 cm³/mol. The van der Waals surface area contributed by atoms with E-state index in [4.69, 9.17) is 4.74 Å². The number of anilines is 2. The van der Waals surface area contributed by atoms with E-state index in [1.54, 1.807) is 13.3 Å². The summed E-state index contributed by atoms with van der Waals surface area (Å²) in [6.07, 6.45) is 8.62. The van der Waals surface area contributed by atoms with Crippen molar-refractivity contribution in [3.8, 4) is 5.75 Å². The van der Waals surface area contributed by atoms with Gasteiger partial charge in [-0.25, -0.2) is 4.98 Å². The minimum Gasteiger partial charge on any atom is -0.495 e. The lowest BCUT2D eigenvalue weighted by Gasteiger charge is -2.40. The Hall–Kier alpha value is -2.60. The van der Waals surface area contributed by atoms with Crippen molar-refractivity contribution in [1.82, 2.24) is 9.88 Å². The lowest BCUT2D eigenvalue weighted by Crippen LogP contribution is -2.53. The third kappa shape index (κ3) is 6.05. The van der Waals surface area contributed by atoms with E-state index in [0.29, 0.717) is 18.9 Å². The topological polar surface area (TPSA) is 48.9 Å². The molecule has 178 valence electrons. The average Bonchev–Trinajstić information content (AvgIpc) is 2.88. The smallest absolute Gasteiger partial charge is 0.228 e. The number of carbonyl (C=O) groups is 1. The van der Waals surface area contributed by atoms with E-state index in [9.17, 15) is 4.79 Å². The molecule has 0 radical (unpaired) electrons. The van der Waals surface area contributed by atoms with Crippen molar-refractivity contribution in [2.24, 2.45) is 5.92 Å². The molecule has 2 aromatic rings. The number of hydrogen-bond acceptors (Lipinski definition) is 5. The van der Waals surface area contributed by atoms with Gasteiger partial charge >= 0.3 is 0 Å². The summed E-state index contributed by atoms with van der Waals surface area (Å²) in [6, 6.07) is 14.3. The molecule has 1 aliphatic carbocycles. The predicted octanol–water partition coefficient (Wildman–Crippen LogP) is 4.60. The summed E-state index contributed by atoms with van der Waals surface area (Å²) in [5.41, 5.74) is 1.16. The first-order valence-electron chi connectivity index (χ1n) is 12.5. The Bertz CT molecular complexity index is 877. The molecule has 1 aromatic heterocycles. The Balaban J connectivity index is 1.38. The molecule has 4 rings (SSSR count). The lowest BCUT2D eigenvalue weighted by atomic mass is 9.86. The van der Waals surface area contributed by atoms with Crippen LogP contribution in [-0.4, -0.2) is 61.7 Å². The van der Waals surface area contributed by atoms with E-state index in [-0.39, 0.29) is 11.9 Å². The van der Waals surface area contributed by atoms with E-state index in [0.717, 1.165) is 43.4 Å². The largest absolute Gasteiger partial charge is 0.495 e. The summed E-state index contributed by atoms with van der Waals surface area (Å²) in [7, 11) is 1.73. The second-order valence-electron chi connectivity index (χ2n) is 9.44. The molecule has 2 aliphatic rings. The molecule has 1 saturated carbocycles. The number of pyridine rings is 1. The van der Waals surface area contributed by atoms with Crippen LogP contribution in [-0.2, 0) is 4.79 Å². The number of hydrogen-bond donors (Lipinski definition) is 0. The van der Waals surface area contributed by atoms with Gasteiger partial charge in [-0.3, -0.25) is 14.6 Å². The number of nitrogens with zero attached hydrogens (tertiary/aromatic N) is 4. The van der Waals surface area contributed by atoms with Gasteiger partial charge in [-0.15, -0.1) is 0 Å². The van der Waals surface area contributed by atoms with Gasteiger partial charge in [0.05, 0.1) is 12.8 Å². The fourth-order valence-corrected chi connectivity index (χ4v) is 5.26. The van der Waals surface area contributed by atoms with Gasteiger partial charge in [0.2, 0.25) is 5.91 Å². The van der Waals surface area contributed by atoms with Crippen LogP contribution in [0.25, 0.3) is 0 Å². The Morgan fingerprint density at radius 3 is 2.48 bits per heavy atom. The third-order valence-corrected chi connectivity index (χ3v) is 7.23. The number of benzene rings is 1. The third-order valence-electron chi connectivity index (χ3n) is 7.23. The van der Waals surface area contributed by atoms with Gasteiger partial charge in [-0.2, -0.15) is 0 Å². The van der Waals surface area contributed by atoms with E-state index >= 15 is 0 Å². The van der Waals surface area contributed by atoms with Crippen molar-refractivity contribution in [3.63, 3.8) is 0 Å². The van der Waals surface area contributed by atoms with Crippen molar-refractivity contribution in [2.75, 3.05) is 49.6 Å². The summed E-state index contributed by atoms with van der Waals surface area (Å²) in [4.78, 5) is 24.7. The number of rotatable bonds is 8. The summed E-state index contributed by atoms with van der Waals surface area (Å²) in [5, 5.41) is 0. The van der Waals surface area contributed by atoms with Crippen LogP contribution in [0.5, 0.6) is 5.75 Å². The van der Waals surface area contributed by atoms with E-state index in [2.05, 4.69) is 33.8 Å². The highest BCUT2D eigenvalue weighted by molar-refractivity contribution is 5.92. The molecule has 0 bridgehead atoms. The highest BCUT2D eigenvalue weighted by Crippen LogP contribution is 2.30. The van der Waals surface area contributed by atoms with Crippen LogP contribution in [0.15, 0.2) is 48.7 Å². The van der Waals surface area contributed by atoms with Crippen LogP contribution in [0.3, 0.4) is 0 Å². The van der Waals surface area contributed by atoms with Crippen LogP contribution in [0.1, 0.15) is 45.4 Å². The molecule has 33 heavy (non-hydrogen) atoms. The van der Waals surface area contributed by atoms with Crippen LogP contribution >= 0.6 is 0 Å². The number of ether oxygens (including phenoxy) is 1. The van der Waals surface area contributed by atoms with E-state index < -0.39 is 0 Å². The van der Waals surface area contributed by atoms with Crippen LogP contribution in [0.4, 0.5) is 11.5 Å². The number of methoxy groups -OCH3 is 1. The quantitative estimate of drug-likeness (QED) is 0.588. The van der Waals surface area contributed by atoms with Crippen molar-refractivity contribution >= 4 is 17.4 Å². The first-order chi connectivity index (χ1) is 16.2. The monoisotopic (exact) mass is 450 g/mol. The number of aromatic nitrogens is 1. The van der Waals surface area contributed by atoms with Crippen LogP contribution in [0, 0.1) is 5.92 Å². The van der Waals surface area contributed by atoms with Gasteiger partial charge in [-0.05, 0) is 49.9 Å². The molecule has 6 heteroatoms. The average molecular weight is 451 g/mol. The minimum absolute atomic E-state index is 0.222. The standard InChI is InChI=1S/C27H38N4O2/c1-22(29-16-18-30(19-17-29)24-12-6-7-13-25(24)33-2)21-31(26-14-8-9-15-28-26)27(32)20-23-10-4-3-5-11-23/h6-9,12-15,22-23H,3-5,10-11,16-21H2,1-2H3/t22-/m0/s1. The zero-order valence-corrected chi connectivity index (χ0v) is 20.2. The Kier molecular flexibility index (Phi) is 8.21. The molecule has 1 amide bonds. The van der Waals surface area contributed by atoms with Crippen molar-refractivity contribution in [2.45, 2.75) is 51.5 Å². The second kappa shape index (κ2) is 11.5. The van der Waals surface area contributed by atoms with Gasteiger partial charge in [0.15, 0.2) is 0 Å². The molecule has 0 spiro atoms. The summed E-state index contributed by atoms with van der Waals surface area (Å²) in [5.74, 6) is 2.45. The first kappa shape index (κ1) is 23.6. The minimum atomic E-state index is 0.222. The molecule has 2 heterocycles. The summed E-state index contributed by atoms with van der Waals surface area (Å²) >= 11 is 0. The zero-order valence-electron chi connectivity index (χ0n) is 20.2. The number of amides is 1. The molecule has 2 fully saturated rings. The van der Waals surface area contributed by atoms with Gasteiger partial charge in [0.1, 0.15) is 11.6 Å². The lowest BCUT2D eigenvalue weighted by molar-refractivity contribution is -0.120. The van der Waals surface area contributed by atoms with Crippen LogP contribution in [0.2, 0.25) is 0 Å². The van der Waals surface area contributed by atoms with Gasteiger partial charge < -0.3 is 9.64 Å². The Morgan fingerprint density at radius 1 is 1.06 bits per heavy atom. The zero-order chi connectivity index (χ0) is 23.0. The molecule has 6 nitrogen and oxygen atoms in total. The van der Waals surface area contributed by atoms with E-state index in [1.165, 1.54) is 32.1 Å².